The average molecular weight is 486 g/mol. The molecule has 1 atom stereocenters. The molecule has 1 amide bonds. The predicted octanol–water partition coefficient (Wildman–Crippen LogP) is 2.81. The molecule has 35 heavy (non-hydrogen) atoms. The molecule has 4 aromatic rings. The number of hydrogen-bond acceptors (Lipinski definition) is 8. The van der Waals surface area contributed by atoms with Gasteiger partial charge in [-0.15, -0.1) is 11.3 Å². The fourth-order valence-corrected chi connectivity index (χ4v) is 5.06. The molecule has 0 saturated carbocycles. The Labute approximate surface area is 205 Å². The van der Waals surface area contributed by atoms with Crippen molar-refractivity contribution in [1.29, 1.82) is 0 Å². The lowest BCUT2D eigenvalue weighted by Gasteiger charge is -2.38. The van der Waals surface area contributed by atoms with E-state index in [-0.39, 0.29) is 18.3 Å². The van der Waals surface area contributed by atoms with Gasteiger partial charge in [0.15, 0.2) is 0 Å². The first-order valence-electron chi connectivity index (χ1n) is 11.0. The van der Waals surface area contributed by atoms with Crippen molar-refractivity contribution in [2.45, 2.75) is 33.2 Å². The standard InChI is InChI=1S/C25H22N6O3S/c1-13-4-9-18-20(10-13)35-22(28-18)16-5-7-17(8-6-16)31-19(23(33)34)12-21(32)29-25(31)30-24-26-14(2)11-15(3)27-24/h4-11,19H,12H2,1-3H3,(H,33,34)(H,26,27,29,30,32)/p-1/t19-/m1/s1. The van der Waals surface area contributed by atoms with Crippen molar-refractivity contribution in [3.8, 4) is 10.6 Å². The van der Waals surface area contributed by atoms with E-state index >= 15 is 0 Å². The number of carboxylic acid groups (broad SMARTS) is 1. The number of aliphatic carboxylic acids is 1. The molecular formula is C25H21N6O3S-. The molecule has 1 N–H and O–H groups in total. The quantitative estimate of drug-likeness (QED) is 0.471. The second kappa shape index (κ2) is 8.88. The van der Waals surface area contributed by atoms with Gasteiger partial charge in [0, 0.05) is 22.6 Å². The predicted molar refractivity (Wildman–Crippen MR) is 132 cm³/mol. The lowest BCUT2D eigenvalue weighted by atomic mass is 10.1. The van der Waals surface area contributed by atoms with E-state index in [4.69, 9.17) is 4.98 Å². The maximum absolute atomic E-state index is 12.3. The number of carboxylic acids is 1. The number of benzene rings is 2. The van der Waals surface area contributed by atoms with Crippen molar-refractivity contribution in [1.82, 2.24) is 20.3 Å². The Hall–Kier alpha value is -4.18. The van der Waals surface area contributed by atoms with E-state index in [9.17, 15) is 14.7 Å². The van der Waals surface area contributed by atoms with Crippen LogP contribution in [-0.2, 0) is 9.59 Å². The largest absolute Gasteiger partial charge is 0.548 e. The molecule has 1 aliphatic rings. The Morgan fingerprint density at radius 1 is 1.06 bits per heavy atom. The molecule has 10 heteroatoms. The molecule has 2 aromatic heterocycles. The van der Waals surface area contributed by atoms with E-state index in [2.05, 4.69) is 26.3 Å². The number of nitrogens with one attached hydrogen (secondary N) is 1. The van der Waals surface area contributed by atoms with Crippen LogP contribution in [0.3, 0.4) is 0 Å². The molecule has 1 saturated heterocycles. The normalized spacial score (nSPS) is 17.1. The Balaban J connectivity index is 1.54. The van der Waals surface area contributed by atoms with Crippen LogP contribution in [0.5, 0.6) is 0 Å². The summed E-state index contributed by atoms with van der Waals surface area (Å²) in [5, 5.41) is 15.5. The molecule has 1 fully saturated rings. The highest BCUT2D eigenvalue weighted by molar-refractivity contribution is 7.21. The van der Waals surface area contributed by atoms with Gasteiger partial charge >= 0.3 is 0 Å². The van der Waals surface area contributed by atoms with E-state index in [1.54, 1.807) is 29.5 Å². The molecule has 0 aliphatic carbocycles. The third kappa shape index (κ3) is 4.60. The smallest absolute Gasteiger partial charge is 0.253 e. The van der Waals surface area contributed by atoms with Crippen molar-refractivity contribution in [2.75, 3.05) is 4.90 Å². The van der Waals surface area contributed by atoms with Gasteiger partial charge in [-0.1, -0.05) is 6.07 Å². The molecule has 2 aromatic carbocycles. The number of aliphatic imine (C=N–C) groups is 1. The molecule has 176 valence electrons. The number of carbonyl (C=O) groups excluding carboxylic acids is 2. The topological polar surface area (TPSA) is 124 Å². The van der Waals surface area contributed by atoms with Crippen molar-refractivity contribution in [3.63, 3.8) is 0 Å². The van der Waals surface area contributed by atoms with Crippen LogP contribution in [0.2, 0.25) is 0 Å². The molecule has 0 bridgehead atoms. The zero-order valence-corrected chi connectivity index (χ0v) is 20.1. The number of carbonyl (C=O) groups is 2. The zero-order chi connectivity index (χ0) is 24.7. The van der Waals surface area contributed by atoms with Gasteiger partial charge in [0.2, 0.25) is 11.9 Å². The first-order valence-corrected chi connectivity index (χ1v) is 11.8. The summed E-state index contributed by atoms with van der Waals surface area (Å²) in [7, 11) is 0. The van der Waals surface area contributed by atoms with Gasteiger partial charge in [-0.3, -0.25) is 10.1 Å². The minimum atomic E-state index is -1.38. The number of amides is 1. The number of thiazole rings is 1. The number of rotatable bonds is 4. The highest BCUT2D eigenvalue weighted by Crippen LogP contribution is 2.32. The van der Waals surface area contributed by atoms with Crippen LogP contribution >= 0.6 is 11.3 Å². The van der Waals surface area contributed by atoms with Gasteiger partial charge in [0.1, 0.15) is 5.01 Å². The van der Waals surface area contributed by atoms with Crippen LogP contribution in [-0.4, -0.2) is 38.8 Å². The summed E-state index contributed by atoms with van der Waals surface area (Å²) in [4.78, 5) is 43.4. The van der Waals surface area contributed by atoms with Gasteiger partial charge in [-0.05, 0) is 68.8 Å². The second-order valence-electron chi connectivity index (χ2n) is 8.38. The molecular weight excluding hydrogens is 464 g/mol. The van der Waals surface area contributed by atoms with E-state index in [1.807, 2.05) is 45.0 Å². The lowest BCUT2D eigenvalue weighted by Crippen LogP contribution is -2.61. The summed E-state index contributed by atoms with van der Waals surface area (Å²) < 4.78 is 1.10. The number of anilines is 1. The molecule has 0 unspecified atom stereocenters. The number of hydrogen-bond donors (Lipinski definition) is 1. The lowest BCUT2D eigenvalue weighted by molar-refractivity contribution is -0.307. The van der Waals surface area contributed by atoms with Gasteiger partial charge < -0.3 is 14.8 Å². The third-order valence-corrected chi connectivity index (χ3v) is 6.62. The van der Waals surface area contributed by atoms with Crippen molar-refractivity contribution >= 4 is 51.0 Å². The average Bonchev–Trinajstić information content (AvgIpc) is 3.21. The first kappa shape index (κ1) is 22.6. The highest BCUT2D eigenvalue weighted by Gasteiger charge is 2.33. The Morgan fingerprint density at radius 3 is 2.46 bits per heavy atom. The van der Waals surface area contributed by atoms with E-state index in [0.717, 1.165) is 20.8 Å². The fraction of sp³-hybridized carbons (Fsp3) is 0.200. The third-order valence-electron chi connectivity index (χ3n) is 5.55. The van der Waals surface area contributed by atoms with Crippen molar-refractivity contribution in [2.24, 2.45) is 4.99 Å². The van der Waals surface area contributed by atoms with Crippen LogP contribution in [0.1, 0.15) is 23.4 Å². The molecule has 0 radical (unpaired) electrons. The Morgan fingerprint density at radius 2 is 1.77 bits per heavy atom. The van der Waals surface area contributed by atoms with Gasteiger partial charge in [0.25, 0.3) is 5.95 Å². The molecule has 0 spiro atoms. The van der Waals surface area contributed by atoms with Crippen LogP contribution in [0.4, 0.5) is 11.6 Å². The second-order valence-corrected chi connectivity index (χ2v) is 9.41. The van der Waals surface area contributed by atoms with Crippen molar-refractivity contribution in [3.05, 3.63) is 65.5 Å². The number of nitrogens with zero attached hydrogens (tertiary/aromatic N) is 5. The zero-order valence-electron chi connectivity index (χ0n) is 19.3. The first-order chi connectivity index (χ1) is 16.8. The van der Waals surface area contributed by atoms with Gasteiger partial charge in [-0.2, -0.15) is 4.99 Å². The molecule has 5 rings (SSSR count). The van der Waals surface area contributed by atoms with Crippen LogP contribution in [0, 0.1) is 20.8 Å². The highest BCUT2D eigenvalue weighted by atomic mass is 32.1. The van der Waals surface area contributed by atoms with Crippen LogP contribution in [0.25, 0.3) is 20.8 Å². The van der Waals surface area contributed by atoms with Crippen LogP contribution < -0.4 is 15.3 Å². The summed E-state index contributed by atoms with van der Waals surface area (Å²) in [6.07, 6.45) is -0.270. The number of fused-ring (bicyclic) bond motifs is 1. The van der Waals surface area contributed by atoms with E-state index in [1.165, 1.54) is 10.5 Å². The summed E-state index contributed by atoms with van der Waals surface area (Å²) in [6, 6.07) is 14.0. The minimum absolute atomic E-state index is 0.0312. The van der Waals surface area contributed by atoms with Gasteiger partial charge in [0.05, 0.1) is 28.6 Å². The minimum Gasteiger partial charge on any atom is -0.548 e. The van der Waals surface area contributed by atoms with Crippen LogP contribution in [0.15, 0.2) is 53.5 Å². The summed E-state index contributed by atoms with van der Waals surface area (Å²) in [5.74, 6) is -1.69. The summed E-state index contributed by atoms with van der Waals surface area (Å²) in [6.45, 7) is 5.66. The SMILES string of the molecule is Cc1ccc2nc(-c3ccc(N4/C(=N/c5nc(C)cc(C)n5)NC(=O)C[C@@H]4C(=O)[O-])cc3)sc2c1. The molecule has 9 nitrogen and oxygen atoms in total. The van der Waals surface area contributed by atoms with Crippen molar-refractivity contribution < 1.29 is 14.7 Å². The maximum atomic E-state index is 12.3. The summed E-state index contributed by atoms with van der Waals surface area (Å²) >= 11 is 1.59. The van der Waals surface area contributed by atoms with E-state index < -0.39 is 17.9 Å². The Kier molecular flexibility index (Phi) is 5.73. The summed E-state index contributed by atoms with van der Waals surface area (Å²) in [5.41, 5.74) is 4.94. The molecule has 3 heterocycles. The number of aromatic nitrogens is 3. The number of guanidine groups is 1. The fourth-order valence-electron chi connectivity index (χ4n) is 4.00. The Bertz CT molecular complexity index is 1470. The van der Waals surface area contributed by atoms with Gasteiger partial charge in [-0.25, -0.2) is 15.0 Å². The number of aryl methyl sites for hydroxylation is 3. The molecule has 1 aliphatic heterocycles. The van der Waals surface area contributed by atoms with E-state index in [0.29, 0.717) is 17.1 Å². The monoisotopic (exact) mass is 485 g/mol. The maximum Gasteiger partial charge on any atom is 0.253 e.